The average Bonchev–Trinajstić information content (AvgIpc) is 2.42. The van der Waals surface area contributed by atoms with Gasteiger partial charge in [-0.3, -0.25) is 0 Å². The van der Waals surface area contributed by atoms with Crippen LogP contribution in [0.3, 0.4) is 0 Å². The molecule has 1 aromatic rings. The van der Waals surface area contributed by atoms with E-state index < -0.39 is 15.6 Å². The van der Waals surface area contributed by atoms with E-state index in [-0.39, 0.29) is 28.2 Å². The first-order valence-corrected chi connectivity index (χ1v) is 7.41. The van der Waals surface area contributed by atoms with Crippen LogP contribution in [0.2, 0.25) is 8.67 Å². The Labute approximate surface area is 121 Å². The molecule has 0 saturated carbocycles. The van der Waals surface area contributed by atoms with Crippen LogP contribution in [-0.4, -0.2) is 20.5 Å². The summed E-state index contributed by atoms with van der Waals surface area (Å²) in [5.74, 6) is 0. The maximum atomic E-state index is 11.8. The molecule has 3 N–H and O–H groups in total. The molecule has 0 saturated heterocycles. The molecule has 1 heterocycles. The van der Waals surface area contributed by atoms with Crippen molar-refractivity contribution in [1.29, 1.82) is 0 Å². The van der Waals surface area contributed by atoms with Crippen LogP contribution in [0.4, 0.5) is 0 Å². The predicted molar refractivity (Wildman–Crippen MR) is 75.0 cm³/mol. The molecule has 4 nitrogen and oxygen atoms in total. The molecule has 9 heteroatoms. The Morgan fingerprint density at radius 2 is 2.00 bits per heavy atom. The van der Waals surface area contributed by atoms with E-state index in [4.69, 9.17) is 28.9 Å². The van der Waals surface area contributed by atoms with Crippen molar-refractivity contribution in [2.75, 3.05) is 6.54 Å². The second-order valence-electron chi connectivity index (χ2n) is 4.00. The molecule has 0 aliphatic heterocycles. The van der Waals surface area contributed by atoms with Crippen molar-refractivity contribution in [3.63, 3.8) is 0 Å². The van der Waals surface area contributed by atoms with E-state index >= 15 is 0 Å². The molecule has 0 amide bonds. The second kappa shape index (κ2) is 6.06. The van der Waals surface area contributed by atoms with Gasteiger partial charge in [0.1, 0.15) is 9.23 Å². The van der Waals surface area contributed by atoms with Gasteiger partial charge in [-0.2, -0.15) is 0 Å². The van der Waals surface area contributed by atoms with Gasteiger partial charge in [-0.05, 0) is 19.9 Å². The first-order chi connectivity index (χ1) is 7.12. The maximum Gasteiger partial charge on any atom is 0.243 e. The maximum absolute atomic E-state index is 11.8. The number of hydrogen-bond acceptors (Lipinski definition) is 4. The summed E-state index contributed by atoms with van der Waals surface area (Å²) in [5.41, 5.74) is 5.05. The van der Waals surface area contributed by atoms with Crippen LogP contribution in [0.15, 0.2) is 11.0 Å². The molecule has 0 fully saturated rings. The summed E-state index contributed by atoms with van der Waals surface area (Å²) >= 11 is 12.5. The number of nitrogens with one attached hydrogen (secondary N) is 1. The summed E-state index contributed by atoms with van der Waals surface area (Å²) in [6.07, 6.45) is 0. The lowest BCUT2D eigenvalue weighted by atomic mass is 10.1. The Kier molecular flexibility index (Phi) is 6.21. The van der Waals surface area contributed by atoms with Gasteiger partial charge in [0.25, 0.3) is 0 Å². The Bertz CT molecular complexity index is 479. The van der Waals surface area contributed by atoms with E-state index in [1.807, 2.05) is 0 Å². The quantitative estimate of drug-likeness (QED) is 0.885. The Morgan fingerprint density at radius 3 is 2.35 bits per heavy atom. The minimum atomic E-state index is -3.64. The molecule has 0 aromatic carbocycles. The van der Waals surface area contributed by atoms with Crippen LogP contribution < -0.4 is 10.5 Å². The lowest BCUT2D eigenvalue weighted by Gasteiger charge is -2.18. The monoisotopic (exact) mass is 338 g/mol. The van der Waals surface area contributed by atoms with Gasteiger partial charge in [0.15, 0.2) is 0 Å². The van der Waals surface area contributed by atoms with Crippen LogP contribution in [0, 0.1) is 0 Å². The highest BCUT2D eigenvalue weighted by Gasteiger charge is 2.23. The fraction of sp³-hybridized carbons (Fsp3) is 0.500. The number of nitrogens with two attached hydrogens (primary N) is 1. The highest BCUT2D eigenvalue weighted by Crippen LogP contribution is 2.34. The molecule has 0 unspecified atom stereocenters. The third-order valence-electron chi connectivity index (χ3n) is 1.63. The Hall–Kier alpha value is 0.440. The van der Waals surface area contributed by atoms with Gasteiger partial charge in [0.05, 0.1) is 4.34 Å². The summed E-state index contributed by atoms with van der Waals surface area (Å²) in [6.45, 7) is 3.56. The minimum Gasteiger partial charge on any atom is -0.324 e. The zero-order valence-corrected chi connectivity index (χ0v) is 13.1. The largest absolute Gasteiger partial charge is 0.324 e. The van der Waals surface area contributed by atoms with Crippen molar-refractivity contribution in [1.82, 2.24) is 4.72 Å². The van der Waals surface area contributed by atoms with Crippen molar-refractivity contribution in [2.45, 2.75) is 24.3 Å². The van der Waals surface area contributed by atoms with E-state index in [9.17, 15) is 8.42 Å². The zero-order chi connectivity index (χ0) is 12.6. The Balaban J connectivity index is 0.00000256. The molecule has 17 heavy (non-hydrogen) atoms. The van der Waals surface area contributed by atoms with Gasteiger partial charge < -0.3 is 5.73 Å². The first-order valence-electron chi connectivity index (χ1n) is 4.35. The normalized spacial score (nSPS) is 12.3. The van der Waals surface area contributed by atoms with Gasteiger partial charge in [-0.15, -0.1) is 23.7 Å². The zero-order valence-electron chi connectivity index (χ0n) is 9.16. The van der Waals surface area contributed by atoms with E-state index in [0.717, 1.165) is 11.3 Å². The minimum absolute atomic E-state index is 0. The molecular formula is C8H13Cl3N2O2S2. The summed E-state index contributed by atoms with van der Waals surface area (Å²) < 4.78 is 26.5. The highest BCUT2D eigenvalue weighted by molar-refractivity contribution is 7.89. The van der Waals surface area contributed by atoms with Crippen molar-refractivity contribution in [2.24, 2.45) is 5.73 Å². The first kappa shape index (κ1) is 17.4. The number of thiophene rings is 1. The molecule has 1 rings (SSSR count). The van der Waals surface area contributed by atoms with Gasteiger partial charge in [-0.1, -0.05) is 23.2 Å². The SMILES string of the molecule is CC(C)(N)CNS(=O)(=O)c1cc(Cl)sc1Cl.Cl. The van der Waals surface area contributed by atoms with E-state index in [0.29, 0.717) is 4.34 Å². The van der Waals surface area contributed by atoms with Crippen LogP contribution in [0.25, 0.3) is 0 Å². The van der Waals surface area contributed by atoms with Crippen molar-refractivity contribution >= 4 is 57.0 Å². The summed E-state index contributed by atoms with van der Waals surface area (Å²) in [6, 6.07) is 1.32. The standard InChI is InChI=1S/C8H12Cl2N2O2S2.ClH/c1-8(2,11)4-12-16(13,14)5-3-6(9)15-7(5)10;/h3,12H,4,11H2,1-2H3;1H. The smallest absolute Gasteiger partial charge is 0.243 e. The number of sulfonamides is 1. The lowest BCUT2D eigenvalue weighted by Crippen LogP contribution is -2.44. The van der Waals surface area contributed by atoms with E-state index in [2.05, 4.69) is 4.72 Å². The lowest BCUT2D eigenvalue weighted by molar-refractivity contribution is 0.498. The summed E-state index contributed by atoms with van der Waals surface area (Å²) in [5, 5.41) is 0. The van der Waals surface area contributed by atoms with Crippen molar-refractivity contribution in [3.05, 3.63) is 14.7 Å². The van der Waals surface area contributed by atoms with E-state index in [1.165, 1.54) is 6.07 Å². The van der Waals surface area contributed by atoms with Gasteiger partial charge in [0, 0.05) is 12.1 Å². The summed E-state index contributed by atoms with van der Waals surface area (Å²) in [4.78, 5) is -0.00610. The fourth-order valence-corrected chi connectivity index (χ4v) is 4.24. The van der Waals surface area contributed by atoms with Crippen LogP contribution in [-0.2, 0) is 10.0 Å². The third kappa shape index (κ3) is 5.30. The van der Waals surface area contributed by atoms with Gasteiger partial charge >= 0.3 is 0 Å². The topological polar surface area (TPSA) is 72.2 Å². The molecule has 0 bridgehead atoms. The predicted octanol–water partition coefficient (Wildman–Crippen LogP) is 2.49. The molecule has 0 aliphatic rings. The summed E-state index contributed by atoms with van der Waals surface area (Å²) in [7, 11) is -3.64. The molecule has 0 aliphatic carbocycles. The third-order valence-corrected chi connectivity index (χ3v) is 4.79. The molecule has 1 aromatic heterocycles. The van der Waals surface area contributed by atoms with Crippen LogP contribution in [0.1, 0.15) is 13.8 Å². The van der Waals surface area contributed by atoms with Crippen molar-refractivity contribution < 1.29 is 8.42 Å². The average molecular weight is 340 g/mol. The Morgan fingerprint density at radius 1 is 1.47 bits per heavy atom. The van der Waals surface area contributed by atoms with Crippen molar-refractivity contribution in [3.8, 4) is 0 Å². The highest BCUT2D eigenvalue weighted by atomic mass is 35.5. The number of hydrogen-bond donors (Lipinski definition) is 2. The molecular weight excluding hydrogens is 327 g/mol. The van der Waals surface area contributed by atoms with Gasteiger partial charge in [-0.25, -0.2) is 13.1 Å². The molecule has 0 atom stereocenters. The van der Waals surface area contributed by atoms with Gasteiger partial charge in [0.2, 0.25) is 10.0 Å². The number of rotatable bonds is 4. The van der Waals surface area contributed by atoms with Crippen LogP contribution >= 0.6 is 46.9 Å². The molecule has 0 spiro atoms. The molecule has 0 radical (unpaired) electrons. The second-order valence-corrected chi connectivity index (χ2v) is 8.02. The molecule has 100 valence electrons. The number of halogens is 3. The van der Waals surface area contributed by atoms with E-state index in [1.54, 1.807) is 13.8 Å². The fourth-order valence-electron chi connectivity index (χ4n) is 0.867. The van der Waals surface area contributed by atoms with Crippen LogP contribution in [0.5, 0.6) is 0 Å².